The first-order chi connectivity index (χ1) is 14.1. The van der Waals surface area contributed by atoms with Crippen LogP contribution in [0.15, 0.2) is 77.2 Å². The second-order valence-corrected chi connectivity index (χ2v) is 7.57. The molecule has 3 aromatic carbocycles. The Bertz CT molecular complexity index is 1310. The van der Waals surface area contributed by atoms with Crippen LogP contribution in [0.4, 0.5) is 0 Å². The van der Waals surface area contributed by atoms with Crippen molar-refractivity contribution in [1.82, 2.24) is 9.97 Å². The average Bonchev–Trinajstić information content (AvgIpc) is 3.29. The van der Waals surface area contributed by atoms with Crippen molar-refractivity contribution in [2.24, 2.45) is 0 Å². The molecule has 0 amide bonds. The predicted molar refractivity (Wildman–Crippen MR) is 119 cm³/mol. The van der Waals surface area contributed by atoms with Gasteiger partial charge in [0.05, 0.1) is 11.3 Å². The maximum Gasteiger partial charge on any atom is 0.192 e. The molecule has 5 rings (SSSR count). The predicted octanol–water partition coefficient (Wildman–Crippen LogP) is 7.08. The van der Waals surface area contributed by atoms with E-state index in [0.29, 0.717) is 5.89 Å². The van der Waals surface area contributed by atoms with E-state index in [1.165, 1.54) is 11.1 Å². The fraction of sp³-hybridized carbons (Fsp3) is 0.115. The van der Waals surface area contributed by atoms with Crippen LogP contribution >= 0.6 is 0 Å². The molecule has 142 valence electrons. The third-order valence-corrected chi connectivity index (χ3v) is 5.30. The molecule has 2 heterocycles. The zero-order chi connectivity index (χ0) is 20.0. The third-order valence-electron chi connectivity index (χ3n) is 5.30. The molecule has 3 nitrogen and oxygen atoms in total. The van der Waals surface area contributed by atoms with E-state index in [1.54, 1.807) is 0 Å². The molecule has 0 bridgehead atoms. The van der Waals surface area contributed by atoms with Crippen LogP contribution in [0, 0.1) is 20.8 Å². The zero-order valence-corrected chi connectivity index (χ0v) is 16.8. The topological polar surface area (TPSA) is 41.8 Å². The van der Waals surface area contributed by atoms with Gasteiger partial charge in [-0.25, -0.2) is 4.98 Å². The van der Waals surface area contributed by atoms with Crippen LogP contribution in [0.1, 0.15) is 17.0 Å². The minimum absolute atomic E-state index is 0.664. The van der Waals surface area contributed by atoms with E-state index in [1.807, 2.05) is 13.0 Å². The van der Waals surface area contributed by atoms with Gasteiger partial charge in [0.25, 0.3) is 0 Å². The minimum Gasteiger partial charge on any atom is -0.440 e. The Hall–Kier alpha value is -3.59. The molecule has 0 saturated carbocycles. The van der Waals surface area contributed by atoms with E-state index in [-0.39, 0.29) is 0 Å². The maximum atomic E-state index is 6.22. The SMILES string of the molecule is Cc1ccc(-c2nc(C)oc2-c2c(-c3ccccc3)[nH]c3ccc(C)cc23)cc1. The lowest BCUT2D eigenvalue weighted by atomic mass is 9.99. The highest BCUT2D eigenvalue weighted by Crippen LogP contribution is 2.43. The number of H-pyrrole nitrogens is 1. The number of aromatic amines is 1. The fourth-order valence-corrected chi connectivity index (χ4v) is 3.87. The summed E-state index contributed by atoms with van der Waals surface area (Å²) in [6.07, 6.45) is 0. The largest absolute Gasteiger partial charge is 0.440 e. The van der Waals surface area contributed by atoms with Gasteiger partial charge in [-0.05, 0) is 31.5 Å². The Morgan fingerprint density at radius 2 is 1.48 bits per heavy atom. The monoisotopic (exact) mass is 378 g/mol. The summed E-state index contributed by atoms with van der Waals surface area (Å²) in [6.45, 7) is 6.11. The van der Waals surface area contributed by atoms with Gasteiger partial charge in [-0.1, -0.05) is 71.8 Å². The quantitative estimate of drug-likeness (QED) is 0.364. The summed E-state index contributed by atoms with van der Waals surface area (Å²) in [4.78, 5) is 8.37. The lowest BCUT2D eigenvalue weighted by Gasteiger charge is -2.06. The molecule has 0 aliphatic carbocycles. The molecule has 0 aliphatic rings. The number of oxazole rings is 1. The van der Waals surface area contributed by atoms with Crippen molar-refractivity contribution in [2.75, 3.05) is 0 Å². The molecular weight excluding hydrogens is 356 g/mol. The van der Waals surface area contributed by atoms with Gasteiger partial charge in [-0.3, -0.25) is 0 Å². The first-order valence-electron chi connectivity index (χ1n) is 9.83. The van der Waals surface area contributed by atoms with Crippen molar-refractivity contribution < 1.29 is 4.42 Å². The standard InChI is InChI=1S/C26H22N2O/c1-16-9-12-20(13-10-16)25-26(29-18(3)27-25)23-21-15-17(2)11-14-22(21)28-24(23)19-7-5-4-6-8-19/h4-15,28H,1-3H3. The van der Waals surface area contributed by atoms with Crippen LogP contribution < -0.4 is 0 Å². The smallest absolute Gasteiger partial charge is 0.192 e. The van der Waals surface area contributed by atoms with Crippen LogP contribution in [0.2, 0.25) is 0 Å². The minimum atomic E-state index is 0.664. The van der Waals surface area contributed by atoms with Gasteiger partial charge in [0.2, 0.25) is 0 Å². The number of rotatable bonds is 3. The molecule has 29 heavy (non-hydrogen) atoms. The highest BCUT2D eigenvalue weighted by Gasteiger charge is 2.23. The number of hydrogen-bond acceptors (Lipinski definition) is 2. The second kappa shape index (κ2) is 6.78. The lowest BCUT2D eigenvalue weighted by molar-refractivity contribution is 0.535. The van der Waals surface area contributed by atoms with Crippen LogP contribution in [-0.2, 0) is 0 Å². The Morgan fingerprint density at radius 3 is 2.24 bits per heavy atom. The van der Waals surface area contributed by atoms with Crippen molar-refractivity contribution in [2.45, 2.75) is 20.8 Å². The van der Waals surface area contributed by atoms with Gasteiger partial charge in [-0.2, -0.15) is 0 Å². The summed E-state index contributed by atoms with van der Waals surface area (Å²) in [5.74, 6) is 1.47. The van der Waals surface area contributed by atoms with Gasteiger partial charge in [-0.15, -0.1) is 0 Å². The van der Waals surface area contributed by atoms with Crippen LogP contribution in [0.5, 0.6) is 0 Å². The molecule has 3 heteroatoms. The summed E-state index contributed by atoms with van der Waals surface area (Å²) in [7, 11) is 0. The molecule has 2 aromatic heterocycles. The first kappa shape index (κ1) is 17.5. The molecule has 0 saturated heterocycles. The molecule has 5 aromatic rings. The fourth-order valence-electron chi connectivity index (χ4n) is 3.87. The summed E-state index contributed by atoms with van der Waals surface area (Å²) in [5.41, 5.74) is 8.70. The van der Waals surface area contributed by atoms with E-state index >= 15 is 0 Å². The molecule has 0 fully saturated rings. The van der Waals surface area contributed by atoms with Gasteiger partial charge in [0.15, 0.2) is 11.7 Å². The van der Waals surface area contributed by atoms with Gasteiger partial charge >= 0.3 is 0 Å². The number of fused-ring (bicyclic) bond motifs is 1. The second-order valence-electron chi connectivity index (χ2n) is 7.57. The van der Waals surface area contributed by atoms with E-state index < -0.39 is 0 Å². The number of nitrogens with zero attached hydrogens (tertiary/aromatic N) is 1. The Morgan fingerprint density at radius 1 is 0.759 bits per heavy atom. The molecular formula is C26H22N2O. The van der Waals surface area contributed by atoms with E-state index in [4.69, 9.17) is 9.40 Å². The average molecular weight is 378 g/mol. The number of nitrogens with one attached hydrogen (secondary N) is 1. The van der Waals surface area contributed by atoms with E-state index in [2.05, 4.69) is 85.6 Å². The molecule has 0 radical (unpaired) electrons. The molecule has 0 atom stereocenters. The van der Waals surface area contributed by atoms with Crippen molar-refractivity contribution in [1.29, 1.82) is 0 Å². The highest BCUT2D eigenvalue weighted by molar-refractivity contribution is 6.05. The van der Waals surface area contributed by atoms with E-state index in [9.17, 15) is 0 Å². The van der Waals surface area contributed by atoms with Crippen LogP contribution in [0.3, 0.4) is 0 Å². The van der Waals surface area contributed by atoms with Crippen molar-refractivity contribution >= 4 is 10.9 Å². The van der Waals surface area contributed by atoms with Crippen LogP contribution in [0.25, 0.3) is 44.7 Å². The Labute approximate surface area is 170 Å². The normalized spacial score (nSPS) is 11.3. The number of aryl methyl sites for hydroxylation is 3. The van der Waals surface area contributed by atoms with Crippen molar-refractivity contribution in [3.05, 3.63) is 89.8 Å². The summed E-state index contributed by atoms with van der Waals surface area (Å²) < 4.78 is 6.22. The third kappa shape index (κ3) is 3.05. The number of hydrogen-bond donors (Lipinski definition) is 1. The zero-order valence-electron chi connectivity index (χ0n) is 16.8. The number of benzene rings is 3. The van der Waals surface area contributed by atoms with Gasteiger partial charge in [0.1, 0.15) is 5.69 Å². The molecule has 0 unspecified atom stereocenters. The molecule has 1 N–H and O–H groups in total. The maximum absolute atomic E-state index is 6.22. The van der Waals surface area contributed by atoms with Crippen molar-refractivity contribution in [3.63, 3.8) is 0 Å². The van der Waals surface area contributed by atoms with Crippen LogP contribution in [-0.4, -0.2) is 9.97 Å². The summed E-state index contributed by atoms with van der Waals surface area (Å²) in [6, 6.07) is 25.3. The lowest BCUT2D eigenvalue weighted by Crippen LogP contribution is -1.86. The van der Waals surface area contributed by atoms with E-state index in [0.717, 1.165) is 44.7 Å². The van der Waals surface area contributed by atoms with Gasteiger partial charge < -0.3 is 9.40 Å². The van der Waals surface area contributed by atoms with Crippen molar-refractivity contribution in [3.8, 4) is 33.8 Å². The summed E-state index contributed by atoms with van der Waals surface area (Å²) in [5, 5.41) is 1.15. The Balaban J connectivity index is 1.84. The number of aromatic nitrogens is 2. The highest BCUT2D eigenvalue weighted by atomic mass is 16.4. The Kier molecular flexibility index (Phi) is 4.09. The first-order valence-corrected chi connectivity index (χ1v) is 9.83. The molecule has 0 spiro atoms. The van der Waals surface area contributed by atoms with Gasteiger partial charge in [0, 0.05) is 23.4 Å². The summed E-state index contributed by atoms with van der Waals surface area (Å²) >= 11 is 0. The molecule has 0 aliphatic heterocycles.